The summed E-state index contributed by atoms with van der Waals surface area (Å²) in [4.78, 5) is 29.0. The third-order valence-electron chi connectivity index (χ3n) is 5.28. The first-order chi connectivity index (χ1) is 14.6. The van der Waals surface area contributed by atoms with Crippen LogP contribution in [0.25, 0.3) is 0 Å². The van der Waals surface area contributed by atoms with Crippen LogP contribution in [0.1, 0.15) is 15.2 Å². The van der Waals surface area contributed by atoms with Crippen LogP contribution in [-0.4, -0.2) is 44.3 Å². The third-order valence-corrected chi connectivity index (χ3v) is 7.23. The molecule has 30 heavy (non-hydrogen) atoms. The molecule has 0 saturated carbocycles. The SMILES string of the molecule is O=C(NC1=NC2(c3ccns3)CN(c3ncc(F)cn3)CC2CS1)c1ccccc1. The Morgan fingerprint density at radius 3 is 2.73 bits per heavy atom. The zero-order chi connectivity index (χ0) is 20.6. The standard InChI is InChI=1S/C20H17FN6OS2/c21-15-8-22-18(23-9-15)27-10-14-11-29-19(25-17(28)13-4-2-1-3-5-13)26-20(14,12-27)16-6-7-24-30-16/h1-9,14H,10-12H2,(H,25,26,28). The molecule has 2 aliphatic rings. The Morgan fingerprint density at radius 2 is 2.00 bits per heavy atom. The van der Waals surface area contributed by atoms with Crippen molar-refractivity contribution in [2.75, 3.05) is 23.7 Å². The Hall–Kier alpha value is -2.85. The number of thioether (sulfide) groups is 1. The van der Waals surface area contributed by atoms with Crippen molar-refractivity contribution < 1.29 is 9.18 Å². The molecule has 2 atom stereocenters. The number of nitrogens with one attached hydrogen (secondary N) is 1. The number of halogens is 1. The maximum Gasteiger partial charge on any atom is 0.257 e. The lowest BCUT2D eigenvalue weighted by molar-refractivity contribution is 0.0977. The zero-order valence-corrected chi connectivity index (χ0v) is 17.4. The molecule has 2 unspecified atom stereocenters. The summed E-state index contributed by atoms with van der Waals surface area (Å²) < 4.78 is 17.5. The third kappa shape index (κ3) is 3.46. The number of fused-ring (bicyclic) bond motifs is 1. The zero-order valence-electron chi connectivity index (χ0n) is 15.7. The van der Waals surface area contributed by atoms with Crippen LogP contribution in [0, 0.1) is 11.7 Å². The van der Waals surface area contributed by atoms with Gasteiger partial charge in [0.1, 0.15) is 5.54 Å². The number of amidine groups is 1. The number of hydrogen-bond acceptors (Lipinski definition) is 8. The molecule has 1 N–H and O–H groups in total. The molecule has 0 aliphatic carbocycles. The predicted octanol–water partition coefficient (Wildman–Crippen LogP) is 2.94. The summed E-state index contributed by atoms with van der Waals surface area (Å²) in [6, 6.07) is 11.1. The highest BCUT2D eigenvalue weighted by atomic mass is 32.2. The van der Waals surface area contributed by atoms with Crippen molar-refractivity contribution >= 4 is 40.3 Å². The molecule has 5 rings (SSSR count). The van der Waals surface area contributed by atoms with Gasteiger partial charge in [-0.3, -0.25) is 4.79 Å². The predicted molar refractivity (Wildman–Crippen MR) is 115 cm³/mol. The molecule has 0 radical (unpaired) electrons. The number of nitrogens with zero attached hydrogens (tertiary/aromatic N) is 5. The molecule has 1 fully saturated rings. The lowest BCUT2D eigenvalue weighted by Gasteiger charge is -2.33. The molecule has 4 heterocycles. The van der Waals surface area contributed by atoms with Gasteiger partial charge < -0.3 is 10.2 Å². The lowest BCUT2D eigenvalue weighted by Crippen LogP contribution is -2.42. The van der Waals surface area contributed by atoms with Gasteiger partial charge in [0.15, 0.2) is 11.0 Å². The fourth-order valence-corrected chi connectivity index (χ4v) is 5.75. The number of anilines is 1. The van der Waals surface area contributed by atoms with Crippen LogP contribution in [0.5, 0.6) is 0 Å². The van der Waals surface area contributed by atoms with Crippen LogP contribution >= 0.6 is 23.3 Å². The van der Waals surface area contributed by atoms with E-state index in [0.29, 0.717) is 29.8 Å². The largest absolute Gasteiger partial charge is 0.338 e. The summed E-state index contributed by atoms with van der Waals surface area (Å²) in [5, 5.41) is 3.55. The van der Waals surface area contributed by atoms with Gasteiger partial charge in [-0.15, -0.1) is 0 Å². The second-order valence-electron chi connectivity index (χ2n) is 7.13. The molecule has 10 heteroatoms. The Balaban J connectivity index is 1.47. The van der Waals surface area contributed by atoms with E-state index in [9.17, 15) is 9.18 Å². The van der Waals surface area contributed by atoms with Gasteiger partial charge in [-0.25, -0.2) is 23.7 Å². The molecule has 0 bridgehead atoms. The van der Waals surface area contributed by atoms with Gasteiger partial charge in [-0.05, 0) is 29.7 Å². The van der Waals surface area contributed by atoms with Gasteiger partial charge in [0.05, 0.1) is 23.8 Å². The highest BCUT2D eigenvalue weighted by molar-refractivity contribution is 8.13. The first-order valence-corrected chi connectivity index (χ1v) is 11.1. The molecule has 2 aromatic heterocycles. The summed E-state index contributed by atoms with van der Waals surface area (Å²) in [6.07, 6.45) is 4.11. The quantitative estimate of drug-likeness (QED) is 0.674. The summed E-state index contributed by atoms with van der Waals surface area (Å²) in [5.74, 6) is 0.797. The van der Waals surface area contributed by atoms with Gasteiger partial charge in [-0.1, -0.05) is 30.0 Å². The Kier molecular flexibility index (Phi) is 4.95. The van der Waals surface area contributed by atoms with Crippen molar-refractivity contribution in [2.24, 2.45) is 10.9 Å². The minimum absolute atomic E-state index is 0.184. The van der Waals surface area contributed by atoms with Crippen molar-refractivity contribution in [2.45, 2.75) is 5.54 Å². The molecule has 7 nitrogen and oxygen atoms in total. The topological polar surface area (TPSA) is 83.4 Å². The number of benzene rings is 1. The van der Waals surface area contributed by atoms with E-state index in [2.05, 4.69) is 19.7 Å². The maximum absolute atomic E-state index is 13.3. The molecule has 152 valence electrons. The number of carbonyl (C=O) groups excluding carboxylic acids is 1. The molecule has 2 aliphatic heterocycles. The second-order valence-corrected chi connectivity index (χ2v) is 8.97. The van der Waals surface area contributed by atoms with Crippen molar-refractivity contribution in [1.82, 2.24) is 19.7 Å². The van der Waals surface area contributed by atoms with E-state index in [0.717, 1.165) is 10.6 Å². The van der Waals surface area contributed by atoms with Crippen LogP contribution in [-0.2, 0) is 5.54 Å². The van der Waals surface area contributed by atoms with Gasteiger partial charge in [0, 0.05) is 30.0 Å². The lowest BCUT2D eigenvalue weighted by atomic mass is 9.87. The Morgan fingerprint density at radius 1 is 1.20 bits per heavy atom. The Labute approximate surface area is 180 Å². The van der Waals surface area contributed by atoms with Crippen LogP contribution in [0.15, 0.2) is 60.0 Å². The van der Waals surface area contributed by atoms with E-state index in [1.165, 1.54) is 35.7 Å². The average molecular weight is 441 g/mol. The van der Waals surface area contributed by atoms with Gasteiger partial charge in [0.25, 0.3) is 5.91 Å². The smallest absolute Gasteiger partial charge is 0.257 e. The van der Waals surface area contributed by atoms with Crippen LogP contribution in [0.4, 0.5) is 10.3 Å². The van der Waals surface area contributed by atoms with E-state index in [1.54, 1.807) is 18.3 Å². The van der Waals surface area contributed by atoms with Gasteiger partial charge >= 0.3 is 0 Å². The van der Waals surface area contributed by atoms with Crippen molar-refractivity contribution in [3.63, 3.8) is 0 Å². The number of amides is 1. The van der Waals surface area contributed by atoms with Gasteiger partial charge in [0.2, 0.25) is 5.95 Å². The van der Waals surface area contributed by atoms with E-state index in [-0.39, 0.29) is 11.8 Å². The monoisotopic (exact) mass is 440 g/mol. The summed E-state index contributed by atoms with van der Waals surface area (Å²) in [5.41, 5.74) is 0.0336. The van der Waals surface area contributed by atoms with Crippen molar-refractivity contribution in [1.29, 1.82) is 0 Å². The summed E-state index contributed by atoms with van der Waals surface area (Å²) in [6.45, 7) is 1.23. The van der Waals surface area contributed by atoms with E-state index in [4.69, 9.17) is 4.99 Å². The average Bonchev–Trinajstić information content (AvgIpc) is 3.43. The minimum atomic E-state index is -0.552. The molecule has 1 amide bonds. The number of rotatable bonds is 3. The summed E-state index contributed by atoms with van der Waals surface area (Å²) in [7, 11) is 0. The molecule has 3 aromatic rings. The van der Waals surface area contributed by atoms with Crippen molar-refractivity contribution in [3.05, 3.63) is 71.2 Å². The normalized spacial score (nSPS) is 23.0. The highest BCUT2D eigenvalue weighted by Crippen LogP contribution is 2.47. The van der Waals surface area contributed by atoms with E-state index >= 15 is 0 Å². The van der Waals surface area contributed by atoms with Crippen LogP contribution in [0.3, 0.4) is 0 Å². The molecular formula is C20H17FN6OS2. The van der Waals surface area contributed by atoms with Gasteiger partial charge in [-0.2, -0.15) is 0 Å². The fraction of sp³-hybridized carbons (Fsp3) is 0.250. The first kappa shape index (κ1) is 19.1. The van der Waals surface area contributed by atoms with Crippen LogP contribution in [0.2, 0.25) is 0 Å². The van der Waals surface area contributed by atoms with E-state index < -0.39 is 11.4 Å². The fourth-order valence-electron chi connectivity index (χ4n) is 3.83. The summed E-state index contributed by atoms with van der Waals surface area (Å²) >= 11 is 2.94. The van der Waals surface area contributed by atoms with Crippen molar-refractivity contribution in [3.8, 4) is 0 Å². The number of aromatic nitrogens is 3. The number of aliphatic imine (C=N–C) groups is 1. The molecule has 1 aromatic carbocycles. The second kappa shape index (κ2) is 7.77. The van der Waals surface area contributed by atoms with Crippen LogP contribution < -0.4 is 10.2 Å². The Bertz CT molecular complexity index is 1080. The molecule has 1 saturated heterocycles. The van der Waals surface area contributed by atoms with E-state index in [1.807, 2.05) is 29.2 Å². The minimum Gasteiger partial charge on any atom is -0.338 e. The molecule has 0 spiro atoms. The molecular weight excluding hydrogens is 423 g/mol. The number of carbonyl (C=O) groups is 1. The first-order valence-electron chi connectivity index (χ1n) is 9.37. The maximum atomic E-state index is 13.3. The number of hydrogen-bond donors (Lipinski definition) is 1. The highest BCUT2D eigenvalue weighted by Gasteiger charge is 2.52.